The molecule has 0 aromatic heterocycles. The molecule has 1 aromatic rings. The molecule has 0 N–H and O–H groups in total. The molecule has 0 saturated heterocycles. The van der Waals surface area contributed by atoms with E-state index in [9.17, 15) is 4.39 Å². The van der Waals surface area contributed by atoms with Crippen LogP contribution in [0, 0.1) is 12.7 Å². The third kappa shape index (κ3) is 1.83. The highest BCUT2D eigenvalue weighted by molar-refractivity contribution is 6.33. The number of methoxy groups -OCH3 is 1. The minimum Gasteiger partial charge on any atom is -0.497 e. The van der Waals surface area contributed by atoms with E-state index in [2.05, 4.69) is 6.58 Å². The average Bonchev–Trinajstić information content (AvgIpc) is 2.12. The monoisotopic (exact) mass is 200 g/mol. The smallest absolute Gasteiger partial charge is 0.135 e. The maximum absolute atomic E-state index is 13.2. The highest BCUT2D eigenvalue weighted by atomic mass is 35.5. The standard InChI is InChI=1S/C10H10ClFO/c1-6-4-5-8(12)9(10(6)11)7(2)13-3/h4-5H,2H2,1,3H3. The van der Waals surface area contributed by atoms with Crippen molar-refractivity contribution in [3.05, 3.63) is 40.7 Å². The lowest BCUT2D eigenvalue weighted by molar-refractivity contribution is 0.368. The van der Waals surface area contributed by atoms with Crippen molar-refractivity contribution >= 4 is 17.4 Å². The lowest BCUT2D eigenvalue weighted by Gasteiger charge is -2.09. The molecule has 0 atom stereocenters. The largest absolute Gasteiger partial charge is 0.497 e. The molecule has 0 unspecified atom stereocenters. The maximum Gasteiger partial charge on any atom is 0.135 e. The zero-order valence-electron chi connectivity index (χ0n) is 7.53. The van der Waals surface area contributed by atoms with Gasteiger partial charge in [0, 0.05) is 0 Å². The molecule has 70 valence electrons. The highest BCUT2D eigenvalue weighted by Crippen LogP contribution is 2.28. The number of hydrogen-bond donors (Lipinski definition) is 0. The second-order valence-electron chi connectivity index (χ2n) is 2.68. The Bertz CT molecular complexity index is 347. The van der Waals surface area contributed by atoms with Gasteiger partial charge in [0.25, 0.3) is 0 Å². The number of aryl methyl sites for hydroxylation is 1. The van der Waals surface area contributed by atoms with E-state index >= 15 is 0 Å². The van der Waals surface area contributed by atoms with Gasteiger partial charge in [-0.25, -0.2) is 4.39 Å². The molecule has 1 nitrogen and oxygen atoms in total. The highest BCUT2D eigenvalue weighted by Gasteiger charge is 2.12. The summed E-state index contributed by atoms with van der Waals surface area (Å²) in [7, 11) is 1.43. The first-order valence-corrected chi connectivity index (χ1v) is 4.13. The molecule has 0 saturated carbocycles. The number of benzene rings is 1. The minimum atomic E-state index is -0.414. The van der Waals surface area contributed by atoms with Crippen molar-refractivity contribution in [2.24, 2.45) is 0 Å². The van der Waals surface area contributed by atoms with Crippen LogP contribution in [0.15, 0.2) is 18.7 Å². The van der Waals surface area contributed by atoms with Crippen LogP contribution in [0.3, 0.4) is 0 Å². The fraction of sp³-hybridized carbons (Fsp3) is 0.200. The Morgan fingerprint density at radius 3 is 2.69 bits per heavy atom. The van der Waals surface area contributed by atoms with Crippen LogP contribution in [0.25, 0.3) is 5.76 Å². The van der Waals surface area contributed by atoms with Gasteiger partial charge >= 0.3 is 0 Å². The second kappa shape index (κ2) is 3.79. The third-order valence-electron chi connectivity index (χ3n) is 1.81. The van der Waals surface area contributed by atoms with Crippen molar-refractivity contribution in [3.8, 4) is 0 Å². The molecule has 0 radical (unpaired) electrons. The number of ether oxygens (including phenoxy) is 1. The molecular weight excluding hydrogens is 191 g/mol. The number of rotatable bonds is 2. The maximum atomic E-state index is 13.2. The van der Waals surface area contributed by atoms with Gasteiger partial charge in [-0.2, -0.15) is 0 Å². The van der Waals surface area contributed by atoms with Crippen LogP contribution in [-0.4, -0.2) is 7.11 Å². The summed E-state index contributed by atoms with van der Waals surface area (Å²) < 4.78 is 18.1. The first-order valence-electron chi connectivity index (χ1n) is 3.75. The predicted octanol–water partition coefficient (Wildman–Crippen LogP) is 3.40. The van der Waals surface area contributed by atoms with E-state index in [1.54, 1.807) is 13.0 Å². The van der Waals surface area contributed by atoms with Gasteiger partial charge < -0.3 is 4.74 Å². The Morgan fingerprint density at radius 2 is 2.15 bits per heavy atom. The van der Waals surface area contributed by atoms with E-state index in [0.717, 1.165) is 5.56 Å². The van der Waals surface area contributed by atoms with Gasteiger partial charge in [0.05, 0.1) is 17.7 Å². The molecule has 0 bridgehead atoms. The van der Waals surface area contributed by atoms with E-state index in [1.165, 1.54) is 13.2 Å². The van der Waals surface area contributed by atoms with Crippen LogP contribution in [0.2, 0.25) is 5.02 Å². The van der Waals surface area contributed by atoms with E-state index < -0.39 is 5.82 Å². The van der Waals surface area contributed by atoms with Crippen LogP contribution in [0.5, 0.6) is 0 Å². The van der Waals surface area contributed by atoms with Crippen molar-refractivity contribution in [3.63, 3.8) is 0 Å². The van der Waals surface area contributed by atoms with Crippen LogP contribution in [-0.2, 0) is 4.74 Å². The minimum absolute atomic E-state index is 0.240. The summed E-state index contributed by atoms with van der Waals surface area (Å²) in [5.74, 6) is -0.173. The van der Waals surface area contributed by atoms with Crippen LogP contribution >= 0.6 is 11.6 Å². The van der Waals surface area contributed by atoms with Crippen molar-refractivity contribution in [2.75, 3.05) is 7.11 Å². The number of halogens is 2. The van der Waals surface area contributed by atoms with Crippen molar-refractivity contribution < 1.29 is 9.13 Å². The third-order valence-corrected chi connectivity index (χ3v) is 2.30. The van der Waals surface area contributed by atoms with Gasteiger partial charge in [-0.05, 0) is 18.6 Å². The number of hydrogen-bond acceptors (Lipinski definition) is 1. The Hall–Kier alpha value is -1.02. The van der Waals surface area contributed by atoms with Gasteiger partial charge in [-0.3, -0.25) is 0 Å². The Balaban J connectivity index is 3.33. The molecule has 0 aliphatic carbocycles. The molecule has 0 aliphatic heterocycles. The van der Waals surface area contributed by atoms with Crippen molar-refractivity contribution in [2.45, 2.75) is 6.92 Å². The normalized spacial score (nSPS) is 9.85. The fourth-order valence-electron chi connectivity index (χ4n) is 1.01. The van der Waals surface area contributed by atoms with Crippen molar-refractivity contribution in [1.29, 1.82) is 0 Å². The second-order valence-corrected chi connectivity index (χ2v) is 3.06. The summed E-state index contributed by atoms with van der Waals surface area (Å²) in [6.07, 6.45) is 0. The molecule has 3 heteroatoms. The molecule has 1 rings (SSSR count). The lowest BCUT2D eigenvalue weighted by atomic mass is 10.1. The quantitative estimate of drug-likeness (QED) is 0.665. The molecule has 0 amide bonds. The molecule has 0 aliphatic rings. The molecular formula is C10H10ClFO. The van der Waals surface area contributed by atoms with Crippen LogP contribution < -0.4 is 0 Å². The molecule has 13 heavy (non-hydrogen) atoms. The molecule has 0 heterocycles. The van der Waals surface area contributed by atoms with E-state index in [0.29, 0.717) is 5.02 Å². The summed E-state index contributed by atoms with van der Waals surface area (Å²) in [6.45, 7) is 5.36. The average molecular weight is 201 g/mol. The van der Waals surface area contributed by atoms with Gasteiger partial charge in [-0.1, -0.05) is 24.2 Å². The predicted molar refractivity (Wildman–Crippen MR) is 52.2 cm³/mol. The van der Waals surface area contributed by atoms with E-state index in [-0.39, 0.29) is 11.3 Å². The lowest BCUT2D eigenvalue weighted by Crippen LogP contribution is -1.94. The summed E-state index contributed by atoms with van der Waals surface area (Å²) in [4.78, 5) is 0. The van der Waals surface area contributed by atoms with Gasteiger partial charge in [-0.15, -0.1) is 0 Å². The molecule has 1 aromatic carbocycles. The zero-order chi connectivity index (χ0) is 10.0. The zero-order valence-corrected chi connectivity index (χ0v) is 8.28. The topological polar surface area (TPSA) is 9.23 Å². The van der Waals surface area contributed by atoms with E-state index in [4.69, 9.17) is 16.3 Å². The Labute approximate surface area is 81.8 Å². The fourth-order valence-corrected chi connectivity index (χ4v) is 1.27. The first kappa shape index (κ1) is 10.1. The van der Waals surface area contributed by atoms with Crippen LogP contribution in [0.4, 0.5) is 4.39 Å². The van der Waals surface area contributed by atoms with Gasteiger partial charge in [0.15, 0.2) is 0 Å². The van der Waals surface area contributed by atoms with Crippen molar-refractivity contribution in [1.82, 2.24) is 0 Å². The first-order chi connectivity index (χ1) is 6.07. The Kier molecular flexibility index (Phi) is 2.94. The molecule has 0 fully saturated rings. The SMILES string of the molecule is C=C(OC)c1c(F)ccc(C)c1Cl. The van der Waals surface area contributed by atoms with E-state index in [1.807, 2.05) is 0 Å². The summed E-state index contributed by atoms with van der Waals surface area (Å²) in [6, 6.07) is 2.96. The summed E-state index contributed by atoms with van der Waals surface area (Å²) in [5.41, 5.74) is 1.04. The summed E-state index contributed by atoms with van der Waals surface area (Å²) >= 11 is 5.89. The molecule has 0 spiro atoms. The van der Waals surface area contributed by atoms with Gasteiger partial charge in [0.1, 0.15) is 11.6 Å². The van der Waals surface area contributed by atoms with Gasteiger partial charge in [0.2, 0.25) is 0 Å². The summed E-state index contributed by atoms with van der Waals surface area (Å²) in [5, 5.41) is 0.354. The Morgan fingerprint density at radius 1 is 1.54 bits per heavy atom. The van der Waals surface area contributed by atoms with Crippen LogP contribution in [0.1, 0.15) is 11.1 Å².